The lowest BCUT2D eigenvalue weighted by molar-refractivity contribution is 0.0699. The molecule has 3 rings (SSSR count). The third kappa shape index (κ3) is 4.09. The Kier molecular flexibility index (Phi) is 5.76. The molecule has 2 N–H and O–H groups in total. The van der Waals surface area contributed by atoms with E-state index < -0.39 is 0 Å². The highest BCUT2D eigenvalue weighted by molar-refractivity contribution is 6.36. The van der Waals surface area contributed by atoms with Crippen LogP contribution in [0.2, 0.25) is 10.0 Å². The quantitative estimate of drug-likeness (QED) is 0.824. The number of ether oxygens (including phenoxy) is 1. The molecule has 128 valence electrons. The van der Waals surface area contributed by atoms with Crippen LogP contribution in [0.3, 0.4) is 0 Å². The summed E-state index contributed by atoms with van der Waals surface area (Å²) in [5.41, 5.74) is 1.41. The number of aromatic nitrogens is 2. The van der Waals surface area contributed by atoms with E-state index in [1.165, 1.54) is 0 Å². The molecule has 0 aromatic carbocycles. The van der Waals surface area contributed by atoms with Crippen LogP contribution in [0.5, 0.6) is 0 Å². The number of nitrogens with zero attached hydrogens (tertiary/aromatic N) is 2. The Hall–Kier alpha value is -1.56. The summed E-state index contributed by atoms with van der Waals surface area (Å²) in [6, 6.07) is 5.57. The molecule has 0 amide bonds. The van der Waals surface area contributed by atoms with E-state index in [0.29, 0.717) is 27.5 Å². The van der Waals surface area contributed by atoms with E-state index in [2.05, 4.69) is 20.6 Å². The maximum absolute atomic E-state index is 6.34. The fraction of sp³-hybridized carbons (Fsp3) is 0.412. The van der Waals surface area contributed by atoms with Crippen LogP contribution < -0.4 is 10.6 Å². The van der Waals surface area contributed by atoms with Crippen molar-refractivity contribution in [2.45, 2.75) is 12.8 Å². The van der Waals surface area contributed by atoms with Gasteiger partial charge >= 0.3 is 0 Å². The van der Waals surface area contributed by atoms with Gasteiger partial charge in [-0.2, -0.15) is 0 Å². The number of nitrogens with one attached hydrogen (secondary N) is 2. The van der Waals surface area contributed by atoms with Crippen molar-refractivity contribution in [3.63, 3.8) is 0 Å². The predicted octanol–water partition coefficient (Wildman–Crippen LogP) is 4.33. The summed E-state index contributed by atoms with van der Waals surface area (Å²) in [4.78, 5) is 8.84. The molecule has 1 saturated heterocycles. The predicted molar refractivity (Wildman–Crippen MR) is 99.1 cm³/mol. The van der Waals surface area contributed by atoms with E-state index in [-0.39, 0.29) is 0 Å². The Morgan fingerprint density at radius 3 is 2.71 bits per heavy atom. The van der Waals surface area contributed by atoms with Gasteiger partial charge in [-0.05, 0) is 37.0 Å². The molecule has 0 unspecified atom stereocenters. The minimum Gasteiger partial charge on any atom is -0.381 e. The Balaban J connectivity index is 1.81. The lowest BCUT2D eigenvalue weighted by Gasteiger charge is -2.22. The number of pyridine rings is 2. The summed E-state index contributed by atoms with van der Waals surface area (Å²) < 4.78 is 5.39. The summed E-state index contributed by atoms with van der Waals surface area (Å²) in [6.45, 7) is 2.55. The van der Waals surface area contributed by atoms with Gasteiger partial charge in [-0.15, -0.1) is 0 Å². The van der Waals surface area contributed by atoms with Gasteiger partial charge < -0.3 is 15.4 Å². The second kappa shape index (κ2) is 8.01. The number of halogens is 2. The van der Waals surface area contributed by atoms with Crippen molar-refractivity contribution < 1.29 is 4.74 Å². The normalized spacial score (nSPS) is 15.3. The maximum atomic E-state index is 6.34. The van der Waals surface area contributed by atoms with Crippen molar-refractivity contribution in [3.8, 4) is 11.3 Å². The number of hydrogen-bond donors (Lipinski definition) is 2. The summed E-state index contributed by atoms with van der Waals surface area (Å²) in [5, 5.41) is 7.47. The Labute approximate surface area is 151 Å². The third-order valence-corrected chi connectivity index (χ3v) is 4.73. The van der Waals surface area contributed by atoms with Gasteiger partial charge in [-0.1, -0.05) is 23.2 Å². The molecule has 0 bridgehead atoms. The first-order chi connectivity index (χ1) is 11.7. The van der Waals surface area contributed by atoms with Crippen molar-refractivity contribution in [2.24, 2.45) is 5.92 Å². The molecular weight excluding hydrogens is 347 g/mol. The average Bonchev–Trinajstić information content (AvgIpc) is 2.62. The first-order valence-corrected chi connectivity index (χ1v) is 8.75. The Morgan fingerprint density at radius 2 is 1.96 bits per heavy atom. The first kappa shape index (κ1) is 17.3. The van der Waals surface area contributed by atoms with Crippen LogP contribution in [0.15, 0.2) is 24.4 Å². The van der Waals surface area contributed by atoms with Gasteiger partial charge in [0.1, 0.15) is 11.6 Å². The molecule has 0 atom stereocenters. The molecule has 1 fully saturated rings. The molecule has 24 heavy (non-hydrogen) atoms. The molecule has 0 aliphatic carbocycles. The fourth-order valence-electron chi connectivity index (χ4n) is 2.69. The molecule has 1 aliphatic rings. The molecule has 0 spiro atoms. The first-order valence-electron chi connectivity index (χ1n) is 7.99. The number of anilines is 2. The summed E-state index contributed by atoms with van der Waals surface area (Å²) >= 11 is 12.6. The van der Waals surface area contributed by atoms with Crippen molar-refractivity contribution >= 4 is 34.8 Å². The zero-order valence-electron chi connectivity index (χ0n) is 13.5. The van der Waals surface area contributed by atoms with Crippen LogP contribution >= 0.6 is 23.2 Å². The lowest BCUT2D eigenvalue weighted by Crippen LogP contribution is -2.22. The van der Waals surface area contributed by atoms with Crippen LogP contribution in [0.25, 0.3) is 11.3 Å². The van der Waals surface area contributed by atoms with Gasteiger partial charge in [-0.3, -0.25) is 0 Å². The van der Waals surface area contributed by atoms with Crippen LogP contribution in [0.1, 0.15) is 12.8 Å². The van der Waals surface area contributed by atoms with E-state index in [0.717, 1.165) is 44.0 Å². The smallest absolute Gasteiger partial charge is 0.126 e. The molecule has 5 nitrogen and oxygen atoms in total. The monoisotopic (exact) mass is 366 g/mol. The largest absolute Gasteiger partial charge is 0.381 e. The summed E-state index contributed by atoms with van der Waals surface area (Å²) in [7, 11) is 1.81. The number of rotatable bonds is 5. The molecule has 7 heteroatoms. The van der Waals surface area contributed by atoms with E-state index in [1.54, 1.807) is 13.2 Å². The minimum absolute atomic E-state index is 0.518. The summed E-state index contributed by atoms with van der Waals surface area (Å²) in [5.74, 6) is 2.12. The van der Waals surface area contributed by atoms with Crippen molar-refractivity contribution in [3.05, 3.63) is 34.4 Å². The molecule has 1 aliphatic heterocycles. The second-order valence-electron chi connectivity index (χ2n) is 5.76. The molecule has 2 aromatic heterocycles. The Morgan fingerprint density at radius 1 is 1.17 bits per heavy atom. The zero-order valence-corrected chi connectivity index (χ0v) is 15.0. The van der Waals surface area contributed by atoms with E-state index in [1.807, 2.05) is 18.2 Å². The van der Waals surface area contributed by atoms with Gasteiger partial charge in [-0.25, -0.2) is 9.97 Å². The summed E-state index contributed by atoms with van der Waals surface area (Å²) in [6.07, 6.45) is 3.76. The van der Waals surface area contributed by atoms with Crippen molar-refractivity contribution in [2.75, 3.05) is 37.4 Å². The minimum atomic E-state index is 0.518. The molecule has 3 heterocycles. The average molecular weight is 367 g/mol. The maximum Gasteiger partial charge on any atom is 0.126 e. The van der Waals surface area contributed by atoms with Crippen LogP contribution in [-0.4, -0.2) is 36.8 Å². The topological polar surface area (TPSA) is 59.1 Å². The van der Waals surface area contributed by atoms with Gasteiger partial charge in [0.25, 0.3) is 0 Å². The molecule has 0 radical (unpaired) electrons. The van der Waals surface area contributed by atoms with Crippen molar-refractivity contribution in [1.82, 2.24) is 9.97 Å². The van der Waals surface area contributed by atoms with Crippen molar-refractivity contribution in [1.29, 1.82) is 0 Å². The van der Waals surface area contributed by atoms with E-state index in [9.17, 15) is 0 Å². The Bertz CT molecular complexity index is 705. The van der Waals surface area contributed by atoms with Crippen LogP contribution in [0.4, 0.5) is 11.6 Å². The van der Waals surface area contributed by atoms with E-state index >= 15 is 0 Å². The van der Waals surface area contributed by atoms with Crippen LogP contribution in [-0.2, 0) is 4.74 Å². The fourth-order valence-corrected chi connectivity index (χ4v) is 3.09. The highest BCUT2D eigenvalue weighted by Crippen LogP contribution is 2.33. The second-order valence-corrected chi connectivity index (χ2v) is 6.58. The van der Waals surface area contributed by atoms with E-state index in [4.69, 9.17) is 27.9 Å². The SMILES string of the molecule is CNc1cc(-c2nc(NCC3CCOCC3)ccc2Cl)c(Cl)cn1. The molecular formula is C17H20Cl2N4O. The lowest BCUT2D eigenvalue weighted by atomic mass is 10.0. The van der Waals surface area contributed by atoms with Gasteiger partial charge in [0.05, 0.1) is 15.7 Å². The van der Waals surface area contributed by atoms with Gasteiger partial charge in [0, 0.05) is 38.6 Å². The highest BCUT2D eigenvalue weighted by atomic mass is 35.5. The van der Waals surface area contributed by atoms with Gasteiger partial charge in [0.2, 0.25) is 0 Å². The zero-order chi connectivity index (χ0) is 16.9. The number of hydrogen-bond acceptors (Lipinski definition) is 5. The highest BCUT2D eigenvalue weighted by Gasteiger charge is 2.15. The standard InChI is InChI=1S/C17H20Cl2N4O/c1-20-16-8-12(14(19)10-22-16)17-13(18)2-3-15(23-17)21-9-11-4-6-24-7-5-11/h2-3,8,10-11H,4-7,9H2,1H3,(H,20,22)(H,21,23). The van der Waals surface area contributed by atoms with Crippen LogP contribution in [0, 0.1) is 5.92 Å². The molecule has 2 aromatic rings. The third-order valence-electron chi connectivity index (χ3n) is 4.13. The molecule has 0 saturated carbocycles. The van der Waals surface area contributed by atoms with Gasteiger partial charge in [0.15, 0.2) is 0 Å².